The molecule has 0 aliphatic heterocycles. The molecule has 7 nitrogen and oxygen atoms in total. The summed E-state index contributed by atoms with van der Waals surface area (Å²) in [5.74, 6) is 1.02. The molecule has 3 N–H and O–H groups in total. The smallest absolute Gasteiger partial charge is 0.226 e. The summed E-state index contributed by atoms with van der Waals surface area (Å²) in [4.78, 5) is 9.17. The van der Waals surface area contributed by atoms with Crippen LogP contribution in [0.2, 0.25) is 5.02 Å². The highest BCUT2D eigenvalue weighted by molar-refractivity contribution is 6.30. The van der Waals surface area contributed by atoms with Crippen LogP contribution in [-0.2, 0) is 0 Å². The van der Waals surface area contributed by atoms with Crippen LogP contribution in [-0.4, -0.2) is 37.5 Å². The number of hydrogen-bond donors (Lipinski definition) is 3. The van der Waals surface area contributed by atoms with Gasteiger partial charge in [-0.25, -0.2) is 4.68 Å². The van der Waals surface area contributed by atoms with Crippen LogP contribution in [0.1, 0.15) is 6.92 Å². The van der Waals surface area contributed by atoms with Gasteiger partial charge >= 0.3 is 0 Å². The number of rotatable bonds is 6. The van der Waals surface area contributed by atoms with Crippen LogP contribution >= 0.6 is 11.6 Å². The standard InChI is InChI=1S/C20H19ClN6O/c1-13(28)11-22-20-25-18(24-15-9-7-14(21)8-10-15)17-12-23-27(19(17)26-20)16-5-3-2-4-6-16/h2-10,12-13,28H,11H2,1H3,(H2,22,24,25,26)/t13-/m1/s1. The largest absolute Gasteiger partial charge is 0.392 e. The molecule has 142 valence electrons. The normalized spacial score (nSPS) is 12.1. The van der Waals surface area contributed by atoms with Gasteiger partial charge in [-0.2, -0.15) is 15.1 Å². The Kier molecular flexibility index (Phi) is 5.10. The highest BCUT2D eigenvalue weighted by Gasteiger charge is 2.14. The van der Waals surface area contributed by atoms with Gasteiger partial charge in [0.05, 0.1) is 23.4 Å². The van der Waals surface area contributed by atoms with Crippen LogP contribution in [0.5, 0.6) is 0 Å². The second-order valence-electron chi connectivity index (χ2n) is 6.39. The first kappa shape index (κ1) is 18.2. The fraction of sp³-hybridized carbons (Fsp3) is 0.150. The number of aliphatic hydroxyl groups excluding tert-OH is 1. The second kappa shape index (κ2) is 7.84. The van der Waals surface area contributed by atoms with Gasteiger partial charge in [0.15, 0.2) is 5.65 Å². The first-order chi connectivity index (χ1) is 13.6. The monoisotopic (exact) mass is 394 g/mol. The summed E-state index contributed by atoms with van der Waals surface area (Å²) in [5, 5.41) is 21.9. The Labute approximate surface area is 167 Å². The van der Waals surface area contributed by atoms with Gasteiger partial charge in [-0.1, -0.05) is 29.8 Å². The zero-order valence-corrected chi connectivity index (χ0v) is 15.9. The molecule has 2 heterocycles. The summed E-state index contributed by atoms with van der Waals surface area (Å²) in [5.41, 5.74) is 2.40. The molecule has 0 bridgehead atoms. The van der Waals surface area contributed by atoms with Crippen LogP contribution in [0.3, 0.4) is 0 Å². The molecule has 0 aliphatic rings. The number of anilines is 3. The number of halogens is 1. The van der Waals surface area contributed by atoms with Gasteiger partial charge in [0.25, 0.3) is 0 Å². The lowest BCUT2D eigenvalue weighted by Gasteiger charge is -2.12. The molecule has 0 unspecified atom stereocenters. The van der Waals surface area contributed by atoms with E-state index in [0.717, 1.165) is 16.8 Å². The van der Waals surface area contributed by atoms with E-state index in [1.165, 1.54) is 0 Å². The Bertz CT molecular complexity index is 1080. The summed E-state index contributed by atoms with van der Waals surface area (Å²) >= 11 is 5.98. The number of aliphatic hydroxyl groups is 1. The second-order valence-corrected chi connectivity index (χ2v) is 6.82. The number of hydrogen-bond acceptors (Lipinski definition) is 6. The van der Waals surface area contributed by atoms with E-state index in [2.05, 4.69) is 25.7 Å². The van der Waals surface area contributed by atoms with E-state index in [1.54, 1.807) is 17.8 Å². The third kappa shape index (κ3) is 3.90. The average molecular weight is 395 g/mol. The molecule has 8 heteroatoms. The maximum atomic E-state index is 9.59. The van der Waals surface area contributed by atoms with E-state index >= 15 is 0 Å². The van der Waals surface area contributed by atoms with Crippen molar-refractivity contribution < 1.29 is 5.11 Å². The zero-order chi connectivity index (χ0) is 19.5. The highest BCUT2D eigenvalue weighted by atomic mass is 35.5. The van der Waals surface area contributed by atoms with E-state index in [1.807, 2.05) is 54.6 Å². The van der Waals surface area contributed by atoms with E-state index in [9.17, 15) is 5.11 Å². The number of benzene rings is 2. The predicted octanol–water partition coefficient (Wildman–Crippen LogP) is 4.01. The van der Waals surface area contributed by atoms with Crippen molar-refractivity contribution in [1.82, 2.24) is 19.7 Å². The molecule has 0 radical (unpaired) electrons. The molecule has 0 fully saturated rings. The Balaban J connectivity index is 1.80. The summed E-state index contributed by atoms with van der Waals surface area (Å²) in [6.07, 6.45) is 1.21. The van der Waals surface area contributed by atoms with Crippen molar-refractivity contribution in [3.05, 3.63) is 65.8 Å². The van der Waals surface area contributed by atoms with Gasteiger partial charge in [0.2, 0.25) is 5.95 Å². The predicted molar refractivity (Wildman–Crippen MR) is 112 cm³/mol. The van der Waals surface area contributed by atoms with E-state index in [-0.39, 0.29) is 0 Å². The molecule has 4 rings (SSSR count). The summed E-state index contributed by atoms with van der Waals surface area (Å²) < 4.78 is 1.76. The highest BCUT2D eigenvalue weighted by Crippen LogP contribution is 2.27. The quantitative estimate of drug-likeness (QED) is 0.458. The van der Waals surface area contributed by atoms with Crippen molar-refractivity contribution in [3.8, 4) is 5.69 Å². The number of fused-ring (bicyclic) bond motifs is 1. The van der Waals surface area contributed by atoms with E-state index in [4.69, 9.17) is 11.6 Å². The number of nitrogens with zero attached hydrogens (tertiary/aromatic N) is 4. The molecule has 0 spiro atoms. The fourth-order valence-electron chi connectivity index (χ4n) is 2.75. The van der Waals surface area contributed by atoms with E-state index in [0.29, 0.717) is 29.0 Å². The molecule has 2 aromatic heterocycles. The average Bonchev–Trinajstić information content (AvgIpc) is 3.13. The van der Waals surface area contributed by atoms with Gasteiger partial charge < -0.3 is 15.7 Å². The Morgan fingerprint density at radius 3 is 2.54 bits per heavy atom. The molecule has 28 heavy (non-hydrogen) atoms. The Morgan fingerprint density at radius 1 is 1.07 bits per heavy atom. The molecule has 0 aliphatic carbocycles. The minimum atomic E-state index is -0.522. The topological polar surface area (TPSA) is 87.9 Å². The van der Waals surface area contributed by atoms with Crippen molar-refractivity contribution in [3.63, 3.8) is 0 Å². The first-order valence-corrected chi connectivity index (χ1v) is 9.23. The minimum absolute atomic E-state index is 0.339. The molecular weight excluding hydrogens is 376 g/mol. The number of para-hydroxylation sites is 1. The van der Waals surface area contributed by atoms with Gasteiger partial charge in [-0.3, -0.25) is 0 Å². The maximum Gasteiger partial charge on any atom is 0.226 e. The Hall–Kier alpha value is -3.16. The van der Waals surface area contributed by atoms with Crippen LogP contribution in [0.4, 0.5) is 17.5 Å². The molecular formula is C20H19ClN6O. The lowest BCUT2D eigenvalue weighted by atomic mass is 10.3. The lowest BCUT2D eigenvalue weighted by Crippen LogP contribution is -2.17. The van der Waals surface area contributed by atoms with Crippen LogP contribution in [0.25, 0.3) is 16.7 Å². The molecule has 0 saturated carbocycles. The molecule has 4 aromatic rings. The van der Waals surface area contributed by atoms with Crippen molar-refractivity contribution in [2.45, 2.75) is 13.0 Å². The summed E-state index contributed by atoms with van der Waals surface area (Å²) in [6, 6.07) is 17.1. The van der Waals surface area contributed by atoms with Gasteiger partial charge in [-0.15, -0.1) is 0 Å². The fourth-order valence-corrected chi connectivity index (χ4v) is 2.88. The van der Waals surface area contributed by atoms with Crippen molar-refractivity contribution in [1.29, 1.82) is 0 Å². The molecule has 1 atom stereocenters. The van der Waals surface area contributed by atoms with Gasteiger partial charge in [0, 0.05) is 17.3 Å². The van der Waals surface area contributed by atoms with Gasteiger partial charge in [0.1, 0.15) is 5.82 Å². The molecule has 0 amide bonds. The van der Waals surface area contributed by atoms with Crippen molar-refractivity contribution in [2.75, 3.05) is 17.2 Å². The summed E-state index contributed by atoms with van der Waals surface area (Å²) in [6.45, 7) is 2.04. The van der Waals surface area contributed by atoms with Crippen molar-refractivity contribution >= 4 is 40.1 Å². The number of aromatic nitrogens is 4. The van der Waals surface area contributed by atoms with Crippen LogP contribution < -0.4 is 10.6 Å². The minimum Gasteiger partial charge on any atom is -0.392 e. The van der Waals surface area contributed by atoms with Crippen LogP contribution in [0, 0.1) is 0 Å². The zero-order valence-electron chi connectivity index (χ0n) is 15.2. The molecule has 2 aromatic carbocycles. The third-order valence-electron chi connectivity index (χ3n) is 4.09. The van der Waals surface area contributed by atoms with E-state index < -0.39 is 6.10 Å². The molecule has 0 saturated heterocycles. The van der Waals surface area contributed by atoms with Crippen molar-refractivity contribution in [2.24, 2.45) is 0 Å². The Morgan fingerprint density at radius 2 is 1.82 bits per heavy atom. The third-order valence-corrected chi connectivity index (χ3v) is 4.34. The van der Waals surface area contributed by atoms with Crippen LogP contribution in [0.15, 0.2) is 60.8 Å². The van der Waals surface area contributed by atoms with Gasteiger partial charge in [-0.05, 0) is 43.3 Å². The first-order valence-electron chi connectivity index (χ1n) is 8.86. The lowest BCUT2D eigenvalue weighted by molar-refractivity contribution is 0.208. The maximum absolute atomic E-state index is 9.59. The summed E-state index contributed by atoms with van der Waals surface area (Å²) in [7, 11) is 0. The SMILES string of the molecule is C[C@@H](O)CNc1nc(Nc2ccc(Cl)cc2)c2cnn(-c3ccccc3)c2n1. The number of nitrogens with one attached hydrogen (secondary N) is 2.